The Morgan fingerprint density at radius 1 is 1.29 bits per heavy atom. The maximum atomic E-state index is 13.8. The average Bonchev–Trinajstić information content (AvgIpc) is 2.65. The van der Waals surface area contributed by atoms with Crippen molar-refractivity contribution >= 4 is 17.6 Å². The highest BCUT2D eigenvalue weighted by Gasteiger charge is 2.29. The van der Waals surface area contributed by atoms with Crippen LogP contribution in [0, 0.1) is 5.82 Å². The molecule has 28 heavy (non-hydrogen) atoms. The maximum Gasteiger partial charge on any atom is 0.191 e. The first-order valence-electron chi connectivity index (χ1n) is 9.14. The highest BCUT2D eigenvalue weighted by molar-refractivity contribution is 6.30. The van der Waals surface area contributed by atoms with Crippen molar-refractivity contribution in [1.29, 1.82) is 0 Å². The van der Waals surface area contributed by atoms with E-state index in [0.717, 1.165) is 23.3 Å². The SMILES string of the molecule is COCC[C@H]1C[C@@H](N=C(N)N(C)C)c2cc(-c3cc(F)cc(Cl)c3)ccc2O1. The number of halogens is 2. The molecule has 0 radical (unpaired) electrons. The molecule has 0 aliphatic carbocycles. The number of benzene rings is 2. The lowest BCUT2D eigenvalue weighted by molar-refractivity contribution is 0.104. The van der Waals surface area contributed by atoms with Crippen LogP contribution in [0.4, 0.5) is 4.39 Å². The van der Waals surface area contributed by atoms with Crippen molar-refractivity contribution < 1.29 is 13.9 Å². The van der Waals surface area contributed by atoms with Crippen LogP contribution >= 0.6 is 11.6 Å². The summed E-state index contributed by atoms with van der Waals surface area (Å²) in [5.41, 5.74) is 8.57. The first kappa shape index (κ1) is 20.4. The minimum Gasteiger partial charge on any atom is -0.490 e. The van der Waals surface area contributed by atoms with Gasteiger partial charge in [-0.1, -0.05) is 17.7 Å². The van der Waals surface area contributed by atoms with Crippen molar-refractivity contribution in [3.63, 3.8) is 0 Å². The van der Waals surface area contributed by atoms with Gasteiger partial charge >= 0.3 is 0 Å². The summed E-state index contributed by atoms with van der Waals surface area (Å²) in [5, 5.41) is 0.357. The van der Waals surface area contributed by atoms with Gasteiger partial charge in [0, 0.05) is 51.2 Å². The van der Waals surface area contributed by atoms with E-state index in [1.54, 1.807) is 18.1 Å². The Labute approximate surface area is 169 Å². The van der Waals surface area contributed by atoms with Gasteiger partial charge in [-0.15, -0.1) is 0 Å². The molecule has 5 nitrogen and oxygen atoms in total. The Hall–Kier alpha value is -2.31. The largest absolute Gasteiger partial charge is 0.490 e. The van der Waals surface area contributed by atoms with Crippen molar-refractivity contribution in [3.8, 4) is 16.9 Å². The Bertz CT molecular complexity index is 852. The Kier molecular flexibility index (Phi) is 6.42. The third kappa shape index (κ3) is 4.75. The molecule has 2 atom stereocenters. The van der Waals surface area contributed by atoms with Gasteiger partial charge in [0.05, 0.1) is 6.04 Å². The molecule has 3 rings (SSSR count). The number of rotatable bonds is 5. The zero-order valence-electron chi connectivity index (χ0n) is 16.3. The van der Waals surface area contributed by atoms with E-state index in [1.807, 2.05) is 32.3 Å². The van der Waals surface area contributed by atoms with Crippen LogP contribution in [0.2, 0.25) is 5.02 Å². The molecule has 7 heteroatoms. The second-order valence-electron chi connectivity index (χ2n) is 7.07. The predicted octanol–water partition coefficient (Wildman–Crippen LogP) is 4.25. The fourth-order valence-electron chi connectivity index (χ4n) is 3.24. The number of guanidine groups is 1. The maximum absolute atomic E-state index is 13.8. The molecule has 2 aromatic rings. The van der Waals surface area contributed by atoms with E-state index < -0.39 is 0 Å². The summed E-state index contributed by atoms with van der Waals surface area (Å²) in [6.45, 7) is 0.611. The van der Waals surface area contributed by atoms with E-state index in [-0.39, 0.29) is 18.0 Å². The van der Waals surface area contributed by atoms with E-state index in [4.69, 9.17) is 31.8 Å². The smallest absolute Gasteiger partial charge is 0.191 e. The lowest BCUT2D eigenvalue weighted by Gasteiger charge is -2.31. The summed E-state index contributed by atoms with van der Waals surface area (Å²) in [5.74, 6) is 0.837. The third-order valence-electron chi connectivity index (χ3n) is 4.73. The Morgan fingerprint density at radius 2 is 2.07 bits per heavy atom. The van der Waals surface area contributed by atoms with Crippen LogP contribution in [0.15, 0.2) is 41.4 Å². The molecule has 0 saturated carbocycles. The minimum absolute atomic E-state index is 0.00868. The van der Waals surface area contributed by atoms with Crippen molar-refractivity contribution in [2.24, 2.45) is 10.7 Å². The molecule has 150 valence electrons. The highest BCUT2D eigenvalue weighted by atomic mass is 35.5. The van der Waals surface area contributed by atoms with Crippen molar-refractivity contribution in [2.45, 2.75) is 25.0 Å². The Morgan fingerprint density at radius 3 is 2.75 bits per heavy atom. The summed E-state index contributed by atoms with van der Waals surface area (Å²) >= 11 is 6.02. The lowest BCUT2D eigenvalue weighted by Crippen LogP contribution is -2.33. The third-order valence-corrected chi connectivity index (χ3v) is 4.95. The summed E-state index contributed by atoms with van der Waals surface area (Å²) in [4.78, 5) is 6.48. The van der Waals surface area contributed by atoms with Crippen LogP contribution in [0.25, 0.3) is 11.1 Å². The second-order valence-corrected chi connectivity index (χ2v) is 7.50. The van der Waals surface area contributed by atoms with Crippen molar-refractivity contribution in [2.75, 3.05) is 27.8 Å². The predicted molar refractivity (Wildman–Crippen MR) is 110 cm³/mol. The van der Waals surface area contributed by atoms with Gasteiger partial charge in [0.15, 0.2) is 5.96 Å². The van der Waals surface area contributed by atoms with Crippen LogP contribution in [0.1, 0.15) is 24.4 Å². The Balaban J connectivity index is 2.01. The van der Waals surface area contributed by atoms with Crippen molar-refractivity contribution in [1.82, 2.24) is 4.90 Å². The van der Waals surface area contributed by atoms with Gasteiger partial charge in [-0.05, 0) is 41.5 Å². The van der Waals surface area contributed by atoms with Crippen LogP contribution in [0.3, 0.4) is 0 Å². The first-order valence-corrected chi connectivity index (χ1v) is 9.51. The van der Waals surface area contributed by atoms with E-state index in [1.165, 1.54) is 12.1 Å². The topological polar surface area (TPSA) is 60.1 Å². The number of fused-ring (bicyclic) bond motifs is 1. The van der Waals surface area contributed by atoms with Crippen LogP contribution < -0.4 is 10.5 Å². The number of methoxy groups -OCH3 is 1. The molecule has 0 aromatic heterocycles. The summed E-state index contributed by atoms with van der Waals surface area (Å²) in [6, 6.07) is 10.1. The van der Waals surface area contributed by atoms with Gasteiger partial charge in [-0.3, -0.25) is 0 Å². The quantitative estimate of drug-likeness (QED) is 0.596. The molecular weight excluding hydrogens is 381 g/mol. The average molecular weight is 406 g/mol. The second kappa shape index (κ2) is 8.80. The molecule has 0 bridgehead atoms. The number of nitrogens with two attached hydrogens (primary N) is 1. The number of ether oxygens (including phenoxy) is 2. The van der Waals surface area contributed by atoms with E-state index >= 15 is 0 Å². The fourth-order valence-corrected chi connectivity index (χ4v) is 3.47. The highest BCUT2D eigenvalue weighted by Crippen LogP contribution is 2.40. The summed E-state index contributed by atoms with van der Waals surface area (Å²) < 4.78 is 25.1. The zero-order valence-corrected chi connectivity index (χ0v) is 17.0. The van der Waals surface area contributed by atoms with Gasteiger partial charge in [0.2, 0.25) is 0 Å². The standard InChI is InChI=1S/C21H25ClFN3O2/c1-26(2)21(24)25-19-12-17(6-7-27-3)28-20-5-4-13(10-18(19)20)14-8-15(22)11-16(23)9-14/h4-5,8-11,17,19H,6-7,12H2,1-3H3,(H2,24,25)/t17-,19+/m0/s1. The van der Waals surface area contributed by atoms with Crippen LogP contribution in [-0.2, 0) is 4.74 Å². The van der Waals surface area contributed by atoms with Gasteiger partial charge in [0.25, 0.3) is 0 Å². The van der Waals surface area contributed by atoms with Crippen LogP contribution in [-0.4, -0.2) is 44.8 Å². The molecule has 0 fully saturated rings. The molecule has 1 aliphatic heterocycles. The number of hydrogen-bond acceptors (Lipinski definition) is 3. The minimum atomic E-state index is -0.373. The number of aliphatic imine (C=N–C) groups is 1. The molecule has 0 saturated heterocycles. The van der Waals surface area contributed by atoms with Gasteiger partial charge in [-0.2, -0.15) is 0 Å². The van der Waals surface area contributed by atoms with Gasteiger partial charge in [0.1, 0.15) is 17.7 Å². The molecule has 0 spiro atoms. The van der Waals surface area contributed by atoms with Gasteiger partial charge in [-0.25, -0.2) is 9.38 Å². The molecular formula is C21H25ClFN3O2. The number of nitrogens with zero attached hydrogens (tertiary/aromatic N) is 2. The molecule has 2 aromatic carbocycles. The van der Waals surface area contributed by atoms with Crippen LogP contribution in [0.5, 0.6) is 5.75 Å². The molecule has 0 unspecified atom stereocenters. The molecule has 2 N–H and O–H groups in total. The van der Waals surface area contributed by atoms with Gasteiger partial charge < -0.3 is 20.1 Å². The molecule has 1 aliphatic rings. The van der Waals surface area contributed by atoms with Crippen molar-refractivity contribution in [3.05, 3.63) is 52.8 Å². The molecule has 1 heterocycles. The zero-order chi connectivity index (χ0) is 20.3. The monoisotopic (exact) mass is 405 g/mol. The molecule has 0 amide bonds. The normalized spacial score (nSPS) is 19.1. The summed E-state index contributed by atoms with van der Waals surface area (Å²) in [7, 11) is 5.38. The van der Waals surface area contributed by atoms with E-state index in [2.05, 4.69) is 0 Å². The fraction of sp³-hybridized carbons (Fsp3) is 0.381. The number of hydrogen-bond donors (Lipinski definition) is 1. The lowest BCUT2D eigenvalue weighted by atomic mass is 9.92. The van der Waals surface area contributed by atoms with E-state index in [0.29, 0.717) is 29.6 Å². The summed E-state index contributed by atoms with van der Waals surface area (Å²) in [6.07, 6.45) is 1.45. The van der Waals surface area contributed by atoms with E-state index in [9.17, 15) is 4.39 Å². The first-order chi connectivity index (χ1) is 13.4.